The van der Waals surface area contributed by atoms with Gasteiger partial charge in [-0.2, -0.15) is 0 Å². The van der Waals surface area contributed by atoms with E-state index in [1.54, 1.807) is 11.8 Å². The number of methoxy groups -OCH3 is 2. The largest absolute Gasteiger partial charge is 0.493 e. The number of amides is 1. The predicted molar refractivity (Wildman–Crippen MR) is 95.7 cm³/mol. The van der Waals surface area contributed by atoms with Gasteiger partial charge in [-0.25, -0.2) is 0 Å². The molecule has 8 heteroatoms. The number of rotatable bonds is 8. The maximum absolute atomic E-state index is 12.3. The molecule has 0 atom stereocenters. The summed E-state index contributed by atoms with van der Waals surface area (Å²) < 4.78 is 10.2. The molecule has 0 unspecified atom stereocenters. The van der Waals surface area contributed by atoms with Crippen LogP contribution in [0.25, 0.3) is 0 Å². The van der Waals surface area contributed by atoms with Crippen molar-refractivity contribution >= 4 is 23.4 Å². The summed E-state index contributed by atoms with van der Waals surface area (Å²) in [5, 5.41) is 13.9. The molecule has 0 aliphatic rings. The van der Waals surface area contributed by atoms with Crippen molar-refractivity contribution in [2.24, 2.45) is 0 Å². The molecule has 132 valence electrons. The number of nitro groups is 1. The highest BCUT2D eigenvalue weighted by Gasteiger charge is 2.24. The summed E-state index contributed by atoms with van der Waals surface area (Å²) in [7, 11) is 2.78. The molecule has 0 aliphatic heterocycles. The van der Waals surface area contributed by atoms with Crippen LogP contribution >= 0.6 is 11.8 Å². The third-order valence-corrected chi connectivity index (χ3v) is 4.36. The summed E-state index contributed by atoms with van der Waals surface area (Å²) in [5.74, 6) is 0.584. The topological polar surface area (TPSA) is 90.7 Å². The molecule has 0 spiro atoms. The first-order chi connectivity index (χ1) is 12.1. The molecule has 1 amide bonds. The fourth-order valence-electron chi connectivity index (χ4n) is 2.15. The number of benzene rings is 2. The van der Waals surface area contributed by atoms with Crippen LogP contribution in [0.2, 0.25) is 0 Å². The van der Waals surface area contributed by atoms with Crippen molar-refractivity contribution in [3.05, 3.63) is 58.1 Å². The van der Waals surface area contributed by atoms with Crippen molar-refractivity contribution < 1.29 is 19.2 Å². The number of nitrogens with zero attached hydrogens (tertiary/aromatic N) is 1. The van der Waals surface area contributed by atoms with E-state index in [1.165, 1.54) is 26.4 Å². The van der Waals surface area contributed by atoms with Crippen LogP contribution in [0.5, 0.6) is 11.5 Å². The van der Waals surface area contributed by atoms with E-state index in [-0.39, 0.29) is 22.7 Å². The molecule has 0 aliphatic carbocycles. The third kappa shape index (κ3) is 4.87. The van der Waals surface area contributed by atoms with Gasteiger partial charge in [0, 0.05) is 23.3 Å². The zero-order valence-electron chi connectivity index (χ0n) is 13.9. The highest BCUT2D eigenvalue weighted by Crippen LogP contribution is 2.34. The van der Waals surface area contributed by atoms with Gasteiger partial charge >= 0.3 is 0 Å². The van der Waals surface area contributed by atoms with Gasteiger partial charge in [-0.05, 0) is 12.1 Å². The zero-order valence-corrected chi connectivity index (χ0v) is 14.7. The molecule has 0 bridgehead atoms. The number of hydrogen-bond acceptors (Lipinski definition) is 6. The van der Waals surface area contributed by atoms with Gasteiger partial charge < -0.3 is 14.8 Å². The number of carbonyl (C=O) groups excluding carboxylic acids is 1. The zero-order chi connectivity index (χ0) is 18.2. The minimum absolute atomic E-state index is 0.0626. The first-order valence-electron chi connectivity index (χ1n) is 7.43. The quantitative estimate of drug-likeness (QED) is 0.336. The summed E-state index contributed by atoms with van der Waals surface area (Å²) in [6, 6.07) is 12.3. The smallest absolute Gasteiger partial charge is 0.286 e. The van der Waals surface area contributed by atoms with Crippen molar-refractivity contribution in [3.63, 3.8) is 0 Å². The molecule has 0 aromatic heterocycles. The molecule has 25 heavy (non-hydrogen) atoms. The Labute approximate surface area is 149 Å². The fourth-order valence-corrected chi connectivity index (χ4v) is 2.94. The highest BCUT2D eigenvalue weighted by atomic mass is 32.2. The maximum Gasteiger partial charge on any atom is 0.286 e. The molecule has 7 nitrogen and oxygen atoms in total. The van der Waals surface area contributed by atoms with Crippen molar-refractivity contribution in [2.75, 3.05) is 26.5 Å². The molecule has 0 saturated heterocycles. The van der Waals surface area contributed by atoms with Crippen molar-refractivity contribution in [2.45, 2.75) is 4.90 Å². The summed E-state index contributed by atoms with van der Waals surface area (Å²) in [5.41, 5.74) is -0.391. The molecule has 0 fully saturated rings. The Morgan fingerprint density at radius 2 is 1.80 bits per heavy atom. The van der Waals surface area contributed by atoms with E-state index in [4.69, 9.17) is 9.47 Å². The molecular formula is C17H18N2O5S. The molecule has 0 radical (unpaired) electrons. The second-order valence-corrected chi connectivity index (χ2v) is 6.07. The van der Waals surface area contributed by atoms with Crippen LogP contribution in [-0.2, 0) is 0 Å². The van der Waals surface area contributed by atoms with E-state index in [2.05, 4.69) is 5.32 Å². The van der Waals surface area contributed by atoms with Crippen LogP contribution in [-0.4, -0.2) is 37.3 Å². The average Bonchev–Trinajstić information content (AvgIpc) is 2.64. The lowest BCUT2D eigenvalue weighted by atomic mass is 10.1. The van der Waals surface area contributed by atoms with Crippen LogP contribution in [0.4, 0.5) is 5.69 Å². The lowest BCUT2D eigenvalue weighted by molar-refractivity contribution is -0.385. The van der Waals surface area contributed by atoms with E-state index in [0.29, 0.717) is 12.3 Å². The standard InChI is InChI=1S/C17H18N2O5S/c1-23-15-10-13(14(19(21)22)11-16(15)24-2)17(20)18-8-9-25-12-6-4-3-5-7-12/h3-7,10-11H,8-9H2,1-2H3,(H,18,20). The predicted octanol–water partition coefficient (Wildman–Crippen LogP) is 3.13. The molecule has 0 heterocycles. The lowest BCUT2D eigenvalue weighted by Gasteiger charge is -2.11. The molecule has 0 saturated carbocycles. The molecular weight excluding hydrogens is 344 g/mol. The molecule has 2 rings (SSSR count). The van der Waals surface area contributed by atoms with Gasteiger partial charge in [-0.3, -0.25) is 14.9 Å². The number of carbonyl (C=O) groups is 1. The van der Waals surface area contributed by atoms with E-state index in [0.717, 1.165) is 4.90 Å². The molecule has 2 aromatic carbocycles. The van der Waals surface area contributed by atoms with Crippen molar-refractivity contribution in [1.29, 1.82) is 0 Å². The van der Waals surface area contributed by atoms with Gasteiger partial charge in [-0.15, -0.1) is 11.8 Å². The van der Waals surface area contributed by atoms with Gasteiger partial charge in [0.2, 0.25) is 0 Å². The van der Waals surface area contributed by atoms with E-state index in [1.807, 2.05) is 30.3 Å². The van der Waals surface area contributed by atoms with Crippen LogP contribution in [0, 0.1) is 10.1 Å². The average molecular weight is 362 g/mol. The number of nitrogens with one attached hydrogen (secondary N) is 1. The van der Waals surface area contributed by atoms with Crippen LogP contribution in [0.1, 0.15) is 10.4 Å². The van der Waals surface area contributed by atoms with Gasteiger partial charge in [0.1, 0.15) is 5.56 Å². The first-order valence-corrected chi connectivity index (χ1v) is 8.41. The van der Waals surface area contributed by atoms with Crippen molar-refractivity contribution in [1.82, 2.24) is 5.32 Å². The Kier molecular flexibility index (Phi) is 6.64. The minimum Gasteiger partial charge on any atom is -0.493 e. The highest BCUT2D eigenvalue weighted by molar-refractivity contribution is 7.99. The maximum atomic E-state index is 12.3. The summed E-state index contributed by atoms with van der Waals surface area (Å²) in [6.45, 7) is 0.379. The van der Waals surface area contributed by atoms with Gasteiger partial charge in [0.05, 0.1) is 25.2 Å². The Balaban J connectivity index is 2.06. The number of nitro benzene ring substituents is 1. The second-order valence-electron chi connectivity index (χ2n) is 4.90. The van der Waals surface area contributed by atoms with Gasteiger partial charge in [0.15, 0.2) is 11.5 Å². The third-order valence-electron chi connectivity index (χ3n) is 3.34. The summed E-state index contributed by atoms with van der Waals surface area (Å²) >= 11 is 1.59. The SMILES string of the molecule is COc1cc(C(=O)NCCSc2ccccc2)c([N+](=O)[O-])cc1OC. The van der Waals surface area contributed by atoms with Gasteiger partial charge in [0.25, 0.3) is 11.6 Å². The Bertz CT molecular complexity index is 752. The number of thioether (sulfide) groups is 1. The normalized spacial score (nSPS) is 10.2. The van der Waals surface area contributed by atoms with Gasteiger partial charge in [-0.1, -0.05) is 18.2 Å². The Morgan fingerprint density at radius 3 is 2.40 bits per heavy atom. The monoisotopic (exact) mass is 362 g/mol. The van der Waals surface area contributed by atoms with Crippen LogP contribution < -0.4 is 14.8 Å². The number of ether oxygens (including phenoxy) is 2. The van der Waals surface area contributed by atoms with E-state index in [9.17, 15) is 14.9 Å². The molecule has 2 aromatic rings. The van der Waals surface area contributed by atoms with E-state index >= 15 is 0 Å². The Hall–Kier alpha value is -2.74. The van der Waals surface area contributed by atoms with E-state index < -0.39 is 10.8 Å². The summed E-state index contributed by atoms with van der Waals surface area (Å²) in [6.07, 6.45) is 0. The molecule has 1 N–H and O–H groups in total. The minimum atomic E-state index is -0.615. The fraction of sp³-hybridized carbons (Fsp3) is 0.235. The second kappa shape index (κ2) is 8.93. The van der Waals surface area contributed by atoms with Crippen LogP contribution in [0.15, 0.2) is 47.4 Å². The number of hydrogen-bond donors (Lipinski definition) is 1. The summed E-state index contributed by atoms with van der Waals surface area (Å²) in [4.78, 5) is 24.0. The van der Waals surface area contributed by atoms with Crippen molar-refractivity contribution in [3.8, 4) is 11.5 Å². The Morgan fingerprint density at radius 1 is 1.16 bits per heavy atom. The lowest BCUT2D eigenvalue weighted by Crippen LogP contribution is -2.26. The van der Waals surface area contributed by atoms with Crippen LogP contribution in [0.3, 0.4) is 0 Å². The first kappa shape index (κ1) is 18.6.